The zero-order chi connectivity index (χ0) is 14.5. The lowest BCUT2D eigenvalue weighted by Crippen LogP contribution is -2.28. The van der Waals surface area contributed by atoms with Crippen LogP contribution in [0.2, 0.25) is 0 Å². The Balaban J connectivity index is 2.18. The third-order valence-corrected chi connectivity index (χ3v) is 3.27. The van der Waals surface area contributed by atoms with Gasteiger partial charge in [0.2, 0.25) is 5.91 Å². The number of nitrogens with zero attached hydrogens (tertiary/aromatic N) is 2. The number of carbonyl (C=O) groups excluding carboxylic acids is 1. The van der Waals surface area contributed by atoms with E-state index in [1.165, 1.54) is 6.07 Å². The zero-order valence-electron chi connectivity index (χ0n) is 11.0. The van der Waals surface area contributed by atoms with Crippen LogP contribution < -0.4 is 16.6 Å². The number of para-hydroxylation sites is 1. The molecule has 0 aromatic heterocycles. The van der Waals surface area contributed by atoms with Crippen LogP contribution >= 0.6 is 0 Å². The summed E-state index contributed by atoms with van der Waals surface area (Å²) in [7, 11) is 0. The van der Waals surface area contributed by atoms with Crippen molar-refractivity contribution in [3.63, 3.8) is 0 Å². The summed E-state index contributed by atoms with van der Waals surface area (Å²) in [6.45, 7) is 2.42. The number of nitrogen functional groups attached to an aromatic ring is 1. The molecule has 0 spiro atoms. The van der Waals surface area contributed by atoms with Crippen LogP contribution in [-0.2, 0) is 11.3 Å². The number of carbonyl (C=O) groups is 1. The molecule has 1 aromatic carbocycles. The second kappa shape index (κ2) is 6.31. The van der Waals surface area contributed by atoms with E-state index in [1.807, 2.05) is 0 Å². The van der Waals surface area contributed by atoms with Gasteiger partial charge >= 0.3 is 0 Å². The number of nitrogens with two attached hydrogens (primary N) is 1. The Hall–Kier alpha value is -2.19. The van der Waals surface area contributed by atoms with Crippen LogP contribution in [0.15, 0.2) is 18.2 Å². The van der Waals surface area contributed by atoms with Gasteiger partial charge in [-0.2, -0.15) is 0 Å². The van der Waals surface area contributed by atoms with E-state index in [1.54, 1.807) is 12.1 Å². The van der Waals surface area contributed by atoms with Crippen LogP contribution in [0.4, 0.5) is 11.4 Å². The van der Waals surface area contributed by atoms with E-state index < -0.39 is 4.92 Å². The molecule has 0 aliphatic carbocycles. The zero-order valence-corrected chi connectivity index (χ0v) is 11.0. The average Bonchev–Trinajstić information content (AvgIpc) is 2.63. The number of amides is 1. The summed E-state index contributed by atoms with van der Waals surface area (Å²) >= 11 is 0. The molecule has 1 aliphatic heterocycles. The van der Waals surface area contributed by atoms with Crippen molar-refractivity contribution in [3.8, 4) is 0 Å². The number of nitro groups is 1. The molecule has 1 heterocycles. The molecule has 0 bridgehead atoms. The highest BCUT2D eigenvalue weighted by molar-refractivity contribution is 5.76. The van der Waals surface area contributed by atoms with Crippen LogP contribution in [0.1, 0.15) is 12.0 Å². The Morgan fingerprint density at radius 3 is 2.95 bits per heavy atom. The number of hydrazine groups is 1. The van der Waals surface area contributed by atoms with Crippen LogP contribution in [0.3, 0.4) is 0 Å². The molecule has 1 aliphatic rings. The van der Waals surface area contributed by atoms with Gasteiger partial charge in [0, 0.05) is 38.7 Å². The quantitative estimate of drug-likeness (QED) is 0.412. The Kier molecular flexibility index (Phi) is 4.49. The molecule has 1 saturated heterocycles. The lowest BCUT2D eigenvalue weighted by molar-refractivity contribution is -0.384. The number of hydrogen-bond donors (Lipinski definition) is 3. The fraction of sp³-hybridized carbons (Fsp3) is 0.417. The van der Waals surface area contributed by atoms with Crippen LogP contribution in [0.5, 0.6) is 0 Å². The van der Waals surface area contributed by atoms with Gasteiger partial charge < -0.3 is 10.7 Å². The first kappa shape index (κ1) is 14.2. The molecule has 4 N–H and O–H groups in total. The van der Waals surface area contributed by atoms with Crippen LogP contribution in [0, 0.1) is 10.1 Å². The monoisotopic (exact) mass is 279 g/mol. The van der Waals surface area contributed by atoms with E-state index in [4.69, 9.17) is 5.84 Å². The SMILES string of the molecule is NNc1c(CN2CCNC(=O)CC2)cccc1[N+](=O)[O-]. The van der Waals surface area contributed by atoms with Crippen LogP contribution in [-0.4, -0.2) is 35.4 Å². The Morgan fingerprint density at radius 1 is 1.45 bits per heavy atom. The first-order chi connectivity index (χ1) is 9.61. The highest BCUT2D eigenvalue weighted by Gasteiger charge is 2.19. The molecule has 20 heavy (non-hydrogen) atoms. The fourth-order valence-electron chi connectivity index (χ4n) is 2.25. The number of benzene rings is 1. The largest absolute Gasteiger partial charge is 0.355 e. The van der Waals surface area contributed by atoms with Gasteiger partial charge in [0.1, 0.15) is 5.69 Å². The van der Waals surface area contributed by atoms with Crippen molar-refractivity contribution >= 4 is 17.3 Å². The van der Waals surface area contributed by atoms with Gasteiger partial charge in [-0.3, -0.25) is 25.7 Å². The van der Waals surface area contributed by atoms with Crippen molar-refractivity contribution in [2.45, 2.75) is 13.0 Å². The van der Waals surface area contributed by atoms with E-state index in [0.717, 1.165) is 5.56 Å². The third-order valence-electron chi connectivity index (χ3n) is 3.27. The van der Waals surface area contributed by atoms with E-state index in [0.29, 0.717) is 38.3 Å². The average molecular weight is 279 g/mol. The molecule has 0 unspecified atom stereocenters. The first-order valence-corrected chi connectivity index (χ1v) is 6.33. The third kappa shape index (κ3) is 3.22. The molecule has 1 amide bonds. The van der Waals surface area contributed by atoms with E-state index >= 15 is 0 Å². The van der Waals surface area contributed by atoms with E-state index in [9.17, 15) is 14.9 Å². The van der Waals surface area contributed by atoms with Gasteiger partial charge in [-0.05, 0) is 5.56 Å². The van der Waals surface area contributed by atoms with Gasteiger partial charge in [-0.15, -0.1) is 0 Å². The molecule has 108 valence electrons. The predicted octanol–water partition coefficient (Wildman–Crippen LogP) is 0.202. The maximum Gasteiger partial charge on any atom is 0.293 e. The standard InChI is InChI=1S/C12H17N5O3/c13-15-12-9(2-1-3-10(12)17(19)20)8-16-6-4-11(18)14-5-7-16/h1-3,15H,4-8,13H2,(H,14,18). The summed E-state index contributed by atoms with van der Waals surface area (Å²) in [5, 5.41) is 13.8. The van der Waals surface area contributed by atoms with Gasteiger partial charge in [0.25, 0.3) is 5.69 Å². The van der Waals surface area contributed by atoms with Gasteiger partial charge in [0.15, 0.2) is 0 Å². The molecule has 0 saturated carbocycles. The number of rotatable bonds is 4. The molecule has 0 radical (unpaired) electrons. The maximum absolute atomic E-state index is 11.3. The summed E-state index contributed by atoms with van der Waals surface area (Å²) in [6, 6.07) is 4.84. The van der Waals surface area contributed by atoms with Crippen molar-refractivity contribution in [2.24, 2.45) is 5.84 Å². The van der Waals surface area contributed by atoms with Crippen molar-refractivity contribution < 1.29 is 9.72 Å². The van der Waals surface area contributed by atoms with Gasteiger partial charge in [0.05, 0.1) is 4.92 Å². The first-order valence-electron chi connectivity index (χ1n) is 6.33. The fourth-order valence-corrected chi connectivity index (χ4v) is 2.25. The molecule has 2 rings (SSSR count). The minimum absolute atomic E-state index is 0.0312. The number of nitrogens with one attached hydrogen (secondary N) is 2. The van der Waals surface area contributed by atoms with Crippen molar-refractivity contribution in [1.82, 2.24) is 10.2 Å². The Bertz CT molecular complexity index is 520. The summed E-state index contributed by atoms with van der Waals surface area (Å²) < 4.78 is 0. The topological polar surface area (TPSA) is 114 Å². The van der Waals surface area contributed by atoms with Crippen molar-refractivity contribution in [2.75, 3.05) is 25.1 Å². The second-order valence-electron chi connectivity index (χ2n) is 4.59. The normalized spacial score (nSPS) is 16.4. The number of anilines is 1. The number of nitro benzene ring substituents is 1. The Labute approximate surface area is 116 Å². The van der Waals surface area contributed by atoms with Crippen LogP contribution in [0.25, 0.3) is 0 Å². The molecule has 1 fully saturated rings. The molecule has 8 heteroatoms. The highest BCUT2D eigenvalue weighted by atomic mass is 16.6. The molecule has 8 nitrogen and oxygen atoms in total. The summed E-state index contributed by atoms with van der Waals surface area (Å²) in [5.41, 5.74) is 3.43. The van der Waals surface area contributed by atoms with E-state index in [2.05, 4.69) is 15.6 Å². The second-order valence-corrected chi connectivity index (χ2v) is 4.59. The number of hydrogen-bond acceptors (Lipinski definition) is 6. The maximum atomic E-state index is 11.3. The molecular formula is C12H17N5O3. The van der Waals surface area contributed by atoms with Crippen molar-refractivity contribution in [3.05, 3.63) is 33.9 Å². The van der Waals surface area contributed by atoms with Gasteiger partial charge in [-0.25, -0.2) is 0 Å². The highest BCUT2D eigenvalue weighted by Crippen LogP contribution is 2.28. The molecule has 0 atom stereocenters. The summed E-state index contributed by atoms with van der Waals surface area (Å²) in [5.74, 6) is 5.44. The lowest BCUT2D eigenvalue weighted by atomic mass is 10.1. The molecular weight excluding hydrogens is 262 g/mol. The molecule has 1 aromatic rings. The Morgan fingerprint density at radius 2 is 2.25 bits per heavy atom. The minimum Gasteiger partial charge on any atom is -0.355 e. The van der Waals surface area contributed by atoms with E-state index in [-0.39, 0.29) is 11.6 Å². The lowest BCUT2D eigenvalue weighted by Gasteiger charge is -2.20. The summed E-state index contributed by atoms with van der Waals surface area (Å²) in [6.07, 6.45) is 0.431. The van der Waals surface area contributed by atoms with Gasteiger partial charge in [-0.1, -0.05) is 12.1 Å². The predicted molar refractivity (Wildman–Crippen MR) is 73.8 cm³/mol. The van der Waals surface area contributed by atoms with Crippen molar-refractivity contribution in [1.29, 1.82) is 0 Å². The minimum atomic E-state index is -0.466. The summed E-state index contributed by atoms with van der Waals surface area (Å²) in [4.78, 5) is 23.9. The smallest absolute Gasteiger partial charge is 0.293 e.